The molecule has 4 nitrogen and oxygen atoms in total. The molecule has 2 aliphatic rings. The van der Waals surface area contributed by atoms with Crippen LogP contribution in [0.3, 0.4) is 0 Å². The quantitative estimate of drug-likeness (QED) is 0.450. The van der Waals surface area contributed by atoms with E-state index in [0.717, 1.165) is 49.0 Å². The second-order valence-electron chi connectivity index (χ2n) is 9.15. The zero-order valence-electron chi connectivity index (χ0n) is 18.3. The van der Waals surface area contributed by atoms with Crippen LogP contribution in [0.5, 0.6) is 0 Å². The van der Waals surface area contributed by atoms with Gasteiger partial charge in [0.25, 0.3) is 0 Å². The Kier molecular flexibility index (Phi) is 9.09. The molecule has 1 aliphatic carbocycles. The average molecular weight is 520 g/mol. The van der Waals surface area contributed by atoms with Crippen molar-refractivity contribution in [2.45, 2.75) is 64.3 Å². The molecule has 170 valence electrons. The Hall–Kier alpha value is -0.140. The van der Waals surface area contributed by atoms with Gasteiger partial charge in [-0.2, -0.15) is 4.31 Å². The molecule has 1 saturated heterocycles. The molecule has 30 heavy (non-hydrogen) atoms. The lowest BCUT2D eigenvalue weighted by Crippen LogP contribution is -2.42. The van der Waals surface area contributed by atoms with E-state index in [1.165, 1.54) is 55.2 Å². The number of nitrogens with zero attached hydrogens (tertiary/aromatic N) is 2. The fraction of sp³-hybridized carbons (Fsp3) is 0.739. The number of piperidine rings is 1. The zero-order chi connectivity index (χ0) is 21.7. The van der Waals surface area contributed by atoms with Crippen molar-refractivity contribution in [3.63, 3.8) is 0 Å². The summed E-state index contributed by atoms with van der Waals surface area (Å²) in [4.78, 5) is 2.63. The molecule has 0 amide bonds. The van der Waals surface area contributed by atoms with Gasteiger partial charge in [0.05, 0.1) is 6.26 Å². The second kappa shape index (κ2) is 11.1. The first kappa shape index (κ1) is 24.5. The van der Waals surface area contributed by atoms with Gasteiger partial charge in [0, 0.05) is 22.1 Å². The Labute approximate surface area is 196 Å². The number of benzene rings is 1. The molecule has 1 heterocycles. The van der Waals surface area contributed by atoms with Crippen LogP contribution in [-0.4, -0.2) is 56.1 Å². The second-order valence-corrected chi connectivity index (χ2v) is 12.4. The van der Waals surface area contributed by atoms with E-state index >= 15 is 0 Å². The smallest absolute Gasteiger partial charge is 0.211 e. The van der Waals surface area contributed by atoms with Gasteiger partial charge in [-0.25, -0.2) is 8.42 Å². The molecule has 0 unspecified atom stereocenters. The minimum absolute atomic E-state index is 0.211. The highest BCUT2D eigenvalue weighted by molar-refractivity contribution is 9.10. The third-order valence-electron chi connectivity index (χ3n) is 7.04. The van der Waals surface area contributed by atoms with Gasteiger partial charge in [-0.15, -0.1) is 0 Å². The van der Waals surface area contributed by atoms with Crippen molar-refractivity contribution in [1.82, 2.24) is 9.21 Å². The highest BCUT2D eigenvalue weighted by Crippen LogP contribution is 2.32. The van der Waals surface area contributed by atoms with Crippen molar-refractivity contribution >= 4 is 37.6 Å². The van der Waals surface area contributed by atoms with Gasteiger partial charge < -0.3 is 4.90 Å². The van der Waals surface area contributed by atoms with Gasteiger partial charge in [0.15, 0.2) is 0 Å². The number of hydrogen-bond donors (Lipinski definition) is 0. The van der Waals surface area contributed by atoms with Gasteiger partial charge in [0.2, 0.25) is 10.0 Å². The molecular weight excluding hydrogens is 484 g/mol. The van der Waals surface area contributed by atoms with Crippen LogP contribution in [0.1, 0.15) is 57.4 Å². The summed E-state index contributed by atoms with van der Waals surface area (Å²) < 4.78 is 26.8. The normalized spacial score (nSPS) is 24.4. The van der Waals surface area contributed by atoms with E-state index in [1.54, 1.807) is 4.31 Å². The SMILES string of the molecule is CCN(C1CCC(CCN2CCC(Cc3cc(Cl)ccc3Br)CC2)CC1)S(C)(=O)=O. The van der Waals surface area contributed by atoms with Crippen LogP contribution >= 0.6 is 27.5 Å². The Morgan fingerprint density at radius 3 is 2.37 bits per heavy atom. The zero-order valence-corrected chi connectivity index (χ0v) is 21.5. The maximum Gasteiger partial charge on any atom is 0.211 e. The molecule has 0 radical (unpaired) electrons. The van der Waals surface area contributed by atoms with Crippen molar-refractivity contribution in [3.05, 3.63) is 33.3 Å². The lowest BCUT2D eigenvalue weighted by molar-refractivity contribution is 0.156. The topological polar surface area (TPSA) is 40.6 Å². The summed E-state index contributed by atoms with van der Waals surface area (Å²) in [5, 5.41) is 0.818. The molecule has 0 bridgehead atoms. The summed E-state index contributed by atoms with van der Waals surface area (Å²) in [6, 6.07) is 6.30. The van der Waals surface area contributed by atoms with Gasteiger partial charge in [-0.3, -0.25) is 0 Å². The summed E-state index contributed by atoms with van der Waals surface area (Å²) in [6.45, 7) is 6.11. The highest BCUT2D eigenvalue weighted by Gasteiger charge is 2.30. The summed E-state index contributed by atoms with van der Waals surface area (Å²) in [6.07, 6.45) is 10.6. The molecular formula is C23H36BrClN2O2S. The van der Waals surface area contributed by atoms with Gasteiger partial charge in [-0.1, -0.05) is 34.5 Å². The molecule has 0 aromatic heterocycles. The van der Waals surface area contributed by atoms with Gasteiger partial charge in [0.1, 0.15) is 0 Å². The van der Waals surface area contributed by atoms with Crippen LogP contribution < -0.4 is 0 Å². The van der Waals surface area contributed by atoms with Crippen LogP contribution in [-0.2, 0) is 16.4 Å². The minimum Gasteiger partial charge on any atom is -0.303 e. The number of sulfonamides is 1. The van der Waals surface area contributed by atoms with Crippen molar-refractivity contribution in [3.8, 4) is 0 Å². The summed E-state index contributed by atoms with van der Waals surface area (Å²) in [7, 11) is -3.08. The first-order valence-electron chi connectivity index (χ1n) is 11.4. The molecule has 2 fully saturated rings. The first-order chi connectivity index (χ1) is 14.3. The molecule has 1 aromatic carbocycles. The van der Waals surface area contributed by atoms with E-state index < -0.39 is 10.0 Å². The molecule has 1 aromatic rings. The van der Waals surface area contributed by atoms with Crippen molar-refractivity contribution in [1.29, 1.82) is 0 Å². The maximum absolute atomic E-state index is 12.0. The molecule has 0 N–H and O–H groups in total. The standard InChI is InChI=1S/C23H36BrClN2O2S/c1-3-27(30(2,28)29)22-7-4-18(5-8-22)10-13-26-14-11-19(12-15-26)16-20-17-21(25)6-9-23(20)24/h6,9,17-19,22H,3-5,7-8,10-16H2,1-2H3. The van der Waals surface area contributed by atoms with Crippen molar-refractivity contribution < 1.29 is 8.42 Å². The Balaban J connectivity index is 1.37. The fourth-order valence-electron chi connectivity index (χ4n) is 5.28. The number of likely N-dealkylation sites (tertiary alicyclic amines) is 1. The largest absolute Gasteiger partial charge is 0.303 e. The Bertz CT molecular complexity index is 788. The third kappa shape index (κ3) is 6.93. The van der Waals surface area contributed by atoms with E-state index in [0.29, 0.717) is 6.54 Å². The third-order valence-corrected chi connectivity index (χ3v) is 9.46. The van der Waals surface area contributed by atoms with Crippen LogP contribution in [0, 0.1) is 11.8 Å². The summed E-state index contributed by atoms with van der Waals surface area (Å²) >= 11 is 9.83. The lowest BCUT2D eigenvalue weighted by Gasteiger charge is -2.36. The monoisotopic (exact) mass is 518 g/mol. The maximum atomic E-state index is 12.0. The minimum atomic E-state index is -3.08. The number of rotatable bonds is 8. The van der Waals surface area contributed by atoms with E-state index in [4.69, 9.17) is 11.6 Å². The average Bonchev–Trinajstić information content (AvgIpc) is 2.71. The van der Waals surface area contributed by atoms with Gasteiger partial charge >= 0.3 is 0 Å². The van der Waals surface area contributed by atoms with Crippen molar-refractivity contribution in [2.75, 3.05) is 32.4 Å². The molecule has 1 aliphatic heterocycles. The van der Waals surface area contributed by atoms with Crippen LogP contribution in [0.4, 0.5) is 0 Å². The van der Waals surface area contributed by atoms with Gasteiger partial charge in [-0.05, 0) is 107 Å². The summed E-state index contributed by atoms with van der Waals surface area (Å²) in [5.74, 6) is 1.49. The number of hydrogen-bond acceptors (Lipinski definition) is 3. The molecule has 1 saturated carbocycles. The van der Waals surface area contributed by atoms with E-state index in [2.05, 4.69) is 33.0 Å². The highest BCUT2D eigenvalue weighted by atomic mass is 79.9. The van der Waals surface area contributed by atoms with Crippen LogP contribution in [0.15, 0.2) is 22.7 Å². The van der Waals surface area contributed by atoms with Crippen LogP contribution in [0.2, 0.25) is 5.02 Å². The molecule has 0 spiro atoms. The lowest BCUT2D eigenvalue weighted by atomic mass is 9.83. The van der Waals surface area contributed by atoms with E-state index in [1.807, 2.05) is 13.0 Å². The molecule has 0 atom stereocenters. The van der Waals surface area contributed by atoms with Crippen LogP contribution in [0.25, 0.3) is 0 Å². The number of halogens is 2. The first-order valence-corrected chi connectivity index (χ1v) is 14.4. The Morgan fingerprint density at radius 1 is 1.10 bits per heavy atom. The predicted octanol–water partition coefficient (Wildman–Crippen LogP) is 5.59. The predicted molar refractivity (Wildman–Crippen MR) is 130 cm³/mol. The Morgan fingerprint density at radius 2 is 1.77 bits per heavy atom. The molecule has 7 heteroatoms. The van der Waals surface area contributed by atoms with E-state index in [-0.39, 0.29) is 6.04 Å². The van der Waals surface area contributed by atoms with Crippen molar-refractivity contribution in [2.24, 2.45) is 11.8 Å². The van der Waals surface area contributed by atoms with E-state index in [9.17, 15) is 8.42 Å². The molecule has 3 rings (SSSR count). The summed E-state index contributed by atoms with van der Waals surface area (Å²) in [5.41, 5.74) is 1.33. The fourth-order valence-corrected chi connectivity index (χ4v) is 7.10.